The van der Waals surface area contributed by atoms with Crippen LogP contribution in [0.3, 0.4) is 0 Å². The van der Waals surface area contributed by atoms with Gasteiger partial charge < -0.3 is 10.7 Å². The summed E-state index contributed by atoms with van der Waals surface area (Å²) in [7, 11) is 0. The van der Waals surface area contributed by atoms with Crippen molar-refractivity contribution in [1.29, 1.82) is 0 Å². The molecule has 5 nitrogen and oxygen atoms in total. The van der Waals surface area contributed by atoms with Crippen LogP contribution in [0.1, 0.15) is 24.5 Å². The summed E-state index contributed by atoms with van der Waals surface area (Å²) in [6.07, 6.45) is 8.09. The van der Waals surface area contributed by atoms with Crippen molar-refractivity contribution in [2.24, 2.45) is 11.7 Å². The van der Waals surface area contributed by atoms with E-state index in [4.69, 9.17) is 5.73 Å². The molecule has 1 aliphatic carbocycles. The third-order valence-corrected chi connectivity index (χ3v) is 4.06. The molecule has 0 amide bonds. The molecule has 18 heavy (non-hydrogen) atoms. The van der Waals surface area contributed by atoms with E-state index < -0.39 is 0 Å². The molecular formula is C13H15N5. The summed E-state index contributed by atoms with van der Waals surface area (Å²) in [4.78, 5) is 12.0. The van der Waals surface area contributed by atoms with E-state index in [-0.39, 0.29) is 0 Å². The lowest BCUT2D eigenvalue weighted by Crippen LogP contribution is -2.29. The van der Waals surface area contributed by atoms with Gasteiger partial charge in [0.25, 0.3) is 0 Å². The second-order valence-electron chi connectivity index (χ2n) is 5.12. The van der Waals surface area contributed by atoms with Crippen molar-refractivity contribution in [3.63, 3.8) is 0 Å². The number of aromatic nitrogens is 4. The third kappa shape index (κ3) is 1.25. The lowest BCUT2D eigenvalue weighted by atomic mass is 9.73. The van der Waals surface area contributed by atoms with Crippen molar-refractivity contribution >= 4 is 16.8 Å². The molecule has 1 aliphatic rings. The van der Waals surface area contributed by atoms with Crippen molar-refractivity contribution in [2.75, 3.05) is 6.54 Å². The van der Waals surface area contributed by atoms with E-state index in [2.05, 4.69) is 25.4 Å². The van der Waals surface area contributed by atoms with Gasteiger partial charge in [-0.1, -0.05) is 0 Å². The molecule has 4 rings (SSSR count). The molecule has 92 valence electrons. The summed E-state index contributed by atoms with van der Waals surface area (Å²) in [5, 5.41) is 0. The molecule has 1 fully saturated rings. The molecule has 0 spiro atoms. The van der Waals surface area contributed by atoms with Gasteiger partial charge in [-0.15, -0.1) is 0 Å². The summed E-state index contributed by atoms with van der Waals surface area (Å²) >= 11 is 0. The molecule has 3 aromatic heterocycles. The number of nitrogens with zero attached hydrogens (tertiary/aromatic N) is 3. The predicted octanol–water partition coefficient (Wildman–Crippen LogP) is 1.66. The van der Waals surface area contributed by atoms with Gasteiger partial charge in [0.2, 0.25) is 0 Å². The van der Waals surface area contributed by atoms with Crippen molar-refractivity contribution in [3.05, 3.63) is 30.4 Å². The summed E-state index contributed by atoms with van der Waals surface area (Å²) < 4.78 is 2.22. The first kappa shape index (κ1) is 10.1. The van der Waals surface area contributed by atoms with Gasteiger partial charge in [0.15, 0.2) is 11.3 Å². The highest BCUT2D eigenvalue weighted by Gasteiger charge is 2.31. The smallest absolute Gasteiger partial charge is 0.156 e. The predicted molar refractivity (Wildman–Crippen MR) is 69.4 cm³/mol. The quantitative estimate of drug-likeness (QED) is 0.716. The fourth-order valence-corrected chi connectivity index (χ4v) is 2.95. The highest BCUT2D eigenvalue weighted by molar-refractivity contribution is 5.74. The van der Waals surface area contributed by atoms with Gasteiger partial charge in [0.1, 0.15) is 0 Å². The van der Waals surface area contributed by atoms with Gasteiger partial charge in [-0.2, -0.15) is 0 Å². The Hall–Kier alpha value is -1.88. The number of rotatable bonds is 2. The first-order chi connectivity index (χ1) is 8.86. The highest BCUT2D eigenvalue weighted by atomic mass is 15.1. The normalized spacial score (nSPS) is 23.6. The monoisotopic (exact) mass is 241 g/mol. The van der Waals surface area contributed by atoms with Crippen LogP contribution in [0.15, 0.2) is 24.7 Å². The minimum absolute atomic E-state index is 0.592. The molecule has 0 aromatic carbocycles. The van der Waals surface area contributed by atoms with Crippen LogP contribution >= 0.6 is 0 Å². The lowest BCUT2D eigenvalue weighted by molar-refractivity contribution is 0.267. The molecule has 0 bridgehead atoms. The molecule has 0 radical (unpaired) electrons. The standard InChI is InChI=1S/C13H15N5/c14-5-8-3-9(4-8)11-6-16-12-7-17-13-10(18(11)12)1-2-15-13/h1-2,6-9,15H,3-5,14H2/t8-,9-. The Morgan fingerprint density at radius 3 is 3.06 bits per heavy atom. The van der Waals surface area contributed by atoms with Gasteiger partial charge >= 0.3 is 0 Å². The molecule has 3 heterocycles. The topological polar surface area (TPSA) is 72.0 Å². The van der Waals surface area contributed by atoms with E-state index in [1.807, 2.05) is 18.6 Å². The molecule has 3 N–H and O–H groups in total. The molecule has 0 atom stereocenters. The fourth-order valence-electron chi connectivity index (χ4n) is 2.95. The third-order valence-electron chi connectivity index (χ3n) is 4.06. The van der Waals surface area contributed by atoms with E-state index in [1.165, 1.54) is 18.5 Å². The van der Waals surface area contributed by atoms with Gasteiger partial charge in [-0.25, -0.2) is 9.97 Å². The summed E-state index contributed by atoms with van der Waals surface area (Å²) in [5.74, 6) is 1.28. The zero-order valence-corrected chi connectivity index (χ0v) is 10.0. The minimum Gasteiger partial charge on any atom is -0.345 e. The molecule has 0 aliphatic heterocycles. The molecule has 5 heteroatoms. The summed E-state index contributed by atoms with van der Waals surface area (Å²) in [6, 6.07) is 2.06. The number of imidazole rings is 1. The maximum atomic E-state index is 5.70. The van der Waals surface area contributed by atoms with Gasteiger partial charge in [-0.3, -0.25) is 4.40 Å². The zero-order valence-electron chi connectivity index (χ0n) is 10.0. The van der Waals surface area contributed by atoms with Crippen LogP contribution in [-0.4, -0.2) is 25.9 Å². The van der Waals surface area contributed by atoms with Gasteiger partial charge in [0.05, 0.1) is 11.7 Å². The second kappa shape index (κ2) is 3.55. The average molecular weight is 241 g/mol. The Labute approximate surface area is 104 Å². The number of hydrogen-bond donors (Lipinski definition) is 2. The van der Waals surface area contributed by atoms with Crippen LogP contribution < -0.4 is 5.73 Å². The Kier molecular flexibility index (Phi) is 1.99. The van der Waals surface area contributed by atoms with Crippen molar-refractivity contribution in [3.8, 4) is 0 Å². The largest absolute Gasteiger partial charge is 0.345 e. The van der Waals surface area contributed by atoms with E-state index in [1.54, 1.807) is 0 Å². The minimum atomic E-state index is 0.592. The van der Waals surface area contributed by atoms with Crippen molar-refractivity contribution < 1.29 is 0 Å². The van der Waals surface area contributed by atoms with E-state index in [0.717, 1.165) is 23.4 Å². The van der Waals surface area contributed by atoms with Crippen LogP contribution in [-0.2, 0) is 0 Å². The zero-order chi connectivity index (χ0) is 12.1. The van der Waals surface area contributed by atoms with Crippen LogP contribution in [0.5, 0.6) is 0 Å². The lowest BCUT2D eigenvalue weighted by Gasteiger charge is -2.34. The number of nitrogens with two attached hydrogens (primary N) is 1. The number of hydrogen-bond acceptors (Lipinski definition) is 3. The SMILES string of the molecule is NC[C@H]1C[C@H](c2cnc3cnc4[nH]ccc4n32)C1. The highest BCUT2D eigenvalue weighted by Crippen LogP contribution is 2.41. The number of H-pyrrole nitrogens is 1. The fraction of sp³-hybridized carbons (Fsp3) is 0.385. The molecule has 3 aromatic rings. The van der Waals surface area contributed by atoms with Gasteiger partial charge in [-0.05, 0) is 31.4 Å². The van der Waals surface area contributed by atoms with Crippen molar-refractivity contribution in [1.82, 2.24) is 19.4 Å². The maximum absolute atomic E-state index is 5.70. The first-order valence-corrected chi connectivity index (χ1v) is 6.36. The van der Waals surface area contributed by atoms with Gasteiger partial charge in [0, 0.05) is 24.0 Å². The molecule has 0 unspecified atom stereocenters. The van der Waals surface area contributed by atoms with Crippen LogP contribution in [0.4, 0.5) is 0 Å². The Morgan fingerprint density at radius 1 is 1.33 bits per heavy atom. The number of fused-ring (bicyclic) bond motifs is 3. The molecular weight excluding hydrogens is 226 g/mol. The number of aromatic amines is 1. The molecule has 0 saturated heterocycles. The number of nitrogens with one attached hydrogen (secondary N) is 1. The Bertz CT molecular complexity index is 704. The maximum Gasteiger partial charge on any atom is 0.156 e. The van der Waals surface area contributed by atoms with Crippen LogP contribution in [0, 0.1) is 5.92 Å². The van der Waals surface area contributed by atoms with Crippen LogP contribution in [0.25, 0.3) is 16.8 Å². The second-order valence-corrected chi connectivity index (χ2v) is 5.12. The van der Waals surface area contributed by atoms with E-state index >= 15 is 0 Å². The first-order valence-electron chi connectivity index (χ1n) is 6.36. The summed E-state index contributed by atoms with van der Waals surface area (Å²) in [5.41, 5.74) is 9.94. The Balaban J connectivity index is 1.88. The average Bonchev–Trinajstić information content (AvgIpc) is 2.92. The molecule has 1 saturated carbocycles. The summed E-state index contributed by atoms with van der Waals surface area (Å²) in [6.45, 7) is 0.800. The van der Waals surface area contributed by atoms with Crippen LogP contribution in [0.2, 0.25) is 0 Å². The Morgan fingerprint density at radius 2 is 2.22 bits per heavy atom. The van der Waals surface area contributed by atoms with E-state index in [9.17, 15) is 0 Å². The van der Waals surface area contributed by atoms with E-state index in [0.29, 0.717) is 11.8 Å². The van der Waals surface area contributed by atoms with Crippen molar-refractivity contribution in [2.45, 2.75) is 18.8 Å².